The average molecular weight is 95.1 g/mol. The van der Waals surface area contributed by atoms with Gasteiger partial charge >= 0.3 is 0 Å². The lowest BCUT2D eigenvalue weighted by Gasteiger charge is -2.12. The summed E-state index contributed by atoms with van der Waals surface area (Å²) in [5, 5.41) is 2.87. The Morgan fingerprint density at radius 3 is 2.86 bits per heavy atom. The summed E-state index contributed by atoms with van der Waals surface area (Å²) in [6.07, 6.45) is 0. The molecule has 0 aromatic heterocycles. The Morgan fingerprint density at radius 2 is 2.57 bits per heavy atom. The molecule has 0 unspecified atom stereocenters. The van der Waals surface area contributed by atoms with Crippen LogP contribution in [0.1, 0.15) is 0 Å². The van der Waals surface area contributed by atoms with Crippen molar-refractivity contribution in [3.8, 4) is 12.1 Å². The van der Waals surface area contributed by atoms with E-state index in [0.717, 1.165) is 13.1 Å². The molecule has 1 rings (SSSR count). The van der Waals surface area contributed by atoms with Crippen LogP contribution >= 0.6 is 0 Å². The molecule has 0 aromatic rings. The topological polar surface area (TPSA) is 15.3 Å². The first-order chi connectivity index (χ1) is 3.39. The Labute approximate surface area is 43.5 Å². The molecule has 0 saturated heterocycles. The van der Waals surface area contributed by atoms with E-state index in [9.17, 15) is 0 Å². The molecule has 1 aliphatic rings. The minimum atomic E-state index is 0.924. The van der Waals surface area contributed by atoms with E-state index in [4.69, 9.17) is 0 Å². The highest BCUT2D eigenvalue weighted by Gasteiger charge is 1.92. The fourth-order valence-electron chi connectivity index (χ4n) is 0.428. The zero-order valence-corrected chi connectivity index (χ0v) is 4.07. The first kappa shape index (κ1) is 4.32. The fraction of sp³-hybridized carbons (Fsp3) is 0.400. The Morgan fingerprint density at radius 1 is 1.71 bits per heavy atom. The van der Waals surface area contributed by atoms with Crippen molar-refractivity contribution >= 4 is 0 Å². The molecule has 0 amide bonds. The van der Waals surface area contributed by atoms with Gasteiger partial charge in [0, 0.05) is 32.2 Å². The number of nitrogens with zero attached hydrogens (tertiary/aromatic N) is 1. The van der Waals surface area contributed by atoms with Gasteiger partial charge in [-0.2, -0.15) is 0 Å². The van der Waals surface area contributed by atoms with Crippen LogP contribution in [-0.4, -0.2) is 18.0 Å². The molecule has 2 heteroatoms. The van der Waals surface area contributed by atoms with E-state index in [-0.39, 0.29) is 0 Å². The zero-order chi connectivity index (χ0) is 5.11. The summed E-state index contributed by atoms with van der Waals surface area (Å²) in [7, 11) is 3.62. The smallest absolute Gasteiger partial charge is 0.0445 e. The van der Waals surface area contributed by atoms with Gasteiger partial charge < -0.3 is 10.2 Å². The van der Waals surface area contributed by atoms with Crippen LogP contribution in [0.3, 0.4) is 0 Å². The second kappa shape index (κ2) is 1.74. The molecule has 0 aliphatic carbocycles. The Kier molecular flexibility index (Phi) is 1.08. The van der Waals surface area contributed by atoms with Crippen LogP contribution in [0.4, 0.5) is 0 Å². The number of nitrogens with one attached hydrogen (secondary N) is 1. The highest BCUT2D eigenvalue weighted by Crippen LogP contribution is 1.80. The van der Waals surface area contributed by atoms with E-state index in [2.05, 4.69) is 24.5 Å². The van der Waals surface area contributed by atoms with Crippen molar-refractivity contribution in [3.63, 3.8) is 0 Å². The van der Waals surface area contributed by atoms with Crippen molar-refractivity contribution in [2.24, 2.45) is 0 Å². The van der Waals surface area contributed by atoms with E-state index >= 15 is 0 Å². The van der Waals surface area contributed by atoms with Crippen molar-refractivity contribution in [1.29, 1.82) is 0 Å². The van der Waals surface area contributed by atoms with Gasteiger partial charge in [-0.3, -0.25) is 0 Å². The molecule has 2 nitrogen and oxygen atoms in total. The van der Waals surface area contributed by atoms with Gasteiger partial charge in [0.2, 0.25) is 0 Å². The van der Waals surface area contributed by atoms with Gasteiger partial charge in [0.1, 0.15) is 0 Å². The van der Waals surface area contributed by atoms with E-state index in [1.807, 2.05) is 0 Å². The second-order valence-corrected chi connectivity index (χ2v) is 1.43. The lowest BCUT2D eigenvalue weighted by molar-refractivity contribution is 0.506. The number of rotatable bonds is 0. The molecule has 1 N–H and O–H groups in total. The molecule has 0 saturated carbocycles. The minimum Gasteiger partial charge on any atom is -0.343 e. The molecule has 0 bridgehead atoms. The van der Waals surface area contributed by atoms with Crippen molar-refractivity contribution in [2.45, 2.75) is 0 Å². The molecular weight excluding hydrogens is 88.1 g/mol. The maximum absolute atomic E-state index is 3.62. The summed E-state index contributed by atoms with van der Waals surface area (Å²) in [6.45, 7) is 1.85. The largest absolute Gasteiger partial charge is 0.343 e. The molecule has 0 aromatic carbocycles. The third-order valence-corrected chi connectivity index (χ3v) is 0.809. The fourth-order valence-corrected chi connectivity index (χ4v) is 0.428. The van der Waals surface area contributed by atoms with Gasteiger partial charge in [0.05, 0.1) is 0 Å². The monoisotopic (exact) mass is 95.1 g/mol. The zero-order valence-electron chi connectivity index (χ0n) is 4.07. The van der Waals surface area contributed by atoms with Gasteiger partial charge in [-0.1, -0.05) is 0 Å². The Balaban J connectivity index is 2.45. The molecule has 1 aliphatic heterocycles. The molecular formula is C5H7N2. The number of hydrogen-bond acceptors (Lipinski definition) is 2. The molecule has 1 radical (unpaired) electrons. The number of hydrogen-bond donors (Lipinski definition) is 1. The summed E-state index contributed by atoms with van der Waals surface area (Å²) in [6, 6.07) is 5.44. The predicted molar refractivity (Wildman–Crippen MR) is 27.8 cm³/mol. The van der Waals surface area contributed by atoms with E-state index in [0.29, 0.717) is 0 Å². The summed E-state index contributed by atoms with van der Waals surface area (Å²) >= 11 is 0. The normalized spacial score (nSPS) is 17.0. The highest BCUT2D eigenvalue weighted by molar-refractivity contribution is 5.00. The third kappa shape index (κ3) is 1.01. The highest BCUT2D eigenvalue weighted by atomic mass is 15.1. The van der Waals surface area contributed by atoms with E-state index in [1.54, 1.807) is 4.90 Å². The second-order valence-electron chi connectivity index (χ2n) is 1.43. The lowest BCUT2D eigenvalue weighted by atomic mass is 10.5. The van der Waals surface area contributed by atoms with Gasteiger partial charge in [-0.05, 0) is 0 Å². The molecule has 0 fully saturated rings. The van der Waals surface area contributed by atoms with Gasteiger partial charge in [-0.15, -0.1) is 0 Å². The molecule has 7 heavy (non-hydrogen) atoms. The first-order valence-corrected chi connectivity index (χ1v) is 2.21. The standard InChI is InChI=1S/C5H7N2/c1-7-4-2-6-3-5-7/h6H,1-2,4H2. The van der Waals surface area contributed by atoms with Crippen molar-refractivity contribution in [1.82, 2.24) is 10.2 Å². The summed E-state index contributed by atoms with van der Waals surface area (Å²) in [5.74, 6) is 0. The molecule has 37 valence electrons. The van der Waals surface area contributed by atoms with E-state index < -0.39 is 0 Å². The Bertz CT molecular complexity index is 109. The summed E-state index contributed by atoms with van der Waals surface area (Å²) < 4.78 is 0. The quantitative estimate of drug-likeness (QED) is 0.412. The first-order valence-electron chi connectivity index (χ1n) is 2.21. The van der Waals surface area contributed by atoms with Crippen molar-refractivity contribution in [3.05, 3.63) is 7.05 Å². The van der Waals surface area contributed by atoms with Gasteiger partial charge in [0.25, 0.3) is 0 Å². The molecule has 0 spiro atoms. The van der Waals surface area contributed by atoms with Crippen LogP contribution < -0.4 is 5.32 Å². The maximum atomic E-state index is 3.62. The third-order valence-electron chi connectivity index (χ3n) is 0.809. The van der Waals surface area contributed by atoms with Crippen LogP contribution in [0.15, 0.2) is 0 Å². The van der Waals surface area contributed by atoms with Crippen molar-refractivity contribution < 1.29 is 0 Å². The maximum Gasteiger partial charge on any atom is 0.0445 e. The average Bonchev–Trinajstić information content (AvgIpc) is 1.69. The Hall–Kier alpha value is -0.840. The lowest BCUT2D eigenvalue weighted by Crippen LogP contribution is -2.26. The summed E-state index contributed by atoms with van der Waals surface area (Å²) in [4.78, 5) is 1.72. The molecule has 1 heterocycles. The van der Waals surface area contributed by atoms with Crippen LogP contribution in [0.2, 0.25) is 0 Å². The van der Waals surface area contributed by atoms with Crippen LogP contribution in [0.5, 0.6) is 0 Å². The van der Waals surface area contributed by atoms with Crippen LogP contribution in [-0.2, 0) is 0 Å². The minimum absolute atomic E-state index is 0.924. The SMILES string of the molecule is [CH2]N1C#CNCC1. The predicted octanol–water partition coefficient (Wildman–Crippen LogP) is -0.398. The van der Waals surface area contributed by atoms with Gasteiger partial charge in [-0.25, -0.2) is 0 Å². The van der Waals surface area contributed by atoms with Crippen LogP contribution in [0.25, 0.3) is 0 Å². The van der Waals surface area contributed by atoms with Gasteiger partial charge in [0.15, 0.2) is 0 Å². The summed E-state index contributed by atoms with van der Waals surface area (Å²) in [5.41, 5.74) is 0. The van der Waals surface area contributed by atoms with E-state index in [1.165, 1.54) is 0 Å². The van der Waals surface area contributed by atoms with Crippen LogP contribution in [0, 0.1) is 19.1 Å². The molecule has 0 atom stereocenters. The van der Waals surface area contributed by atoms with Crippen molar-refractivity contribution in [2.75, 3.05) is 13.1 Å².